The van der Waals surface area contributed by atoms with E-state index in [2.05, 4.69) is 20.8 Å². The molecule has 0 bridgehead atoms. The van der Waals surface area contributed by atoms with E-state index in [1.807, 2.05) is 56.3 Å². The molecule has 0 radical (unpaired) electrons. The van der Waals surface area contributed by atoms with Gasteiger partial charge in [-0.05, 0) is 41.3 Å². The number of amides is 2. The zero-order chi connectivity index (χ0) is 17.8. The normalized spacial score (nSPS) is 10.9. The Bertz CT molecular complexity index is 886. The average Bonchev–Trinajstić information content (AvgIpc) is 3.02. The van der Waals surface area contributed by atoms with E-state index in [4.69, 9.17) is 4.74 Å². The van der Waals surface area contributed by atoms with Gasteiger partial charge in [-0.25, -0.2) is 4.79 Å². The molecule has 25 heavy (non-hydrogen) atoms. The molecule has 0 aliphatic rings. The zero-order valence-corrected chi connectivity index (χ0v) is 14.6. The summed E-state index contributed by atoms with van der Waals surface area (Å²) in [6.45, 7) is 4.71. The zero-order valence-electron chi connectivity index (χ0n) is 14.6. The van der Waals surface area contributed by atoms with Crippen LogP contribution in [0.1, 0.15) is 13.8 Å². The smallest absolute Gasteiger partial charge is 0.320 e. The second-order valence-corrected chi connectivity index (χ2v) is 6.29. The first-order chi connectivity index (χ1) is 12.1. The first-order valence-electron chi connectivity index (χ1n) is 8.24. The molecular weight excluding hydrogens is 316 g/mol. The van der Waals surface area contributed by atoms with Gasteiger partial charge in [0.1, 0.15) is 5.75 Å². The SMILES string of the molecule is COc1cccc(-c2ccc3c(NC(=O)NCC(C)C)n[nH]c3c2)c1. The highest BCUT2D eigenvalue weighted by atomic mass is 16.5. The van der Waals surface area contributed by atoms with Gasteiger partial charge in [0.05, 0.1) is 12.6 Å². The number of H-pyrrole nitrogens is 1. The minimum atomic E-state index is -0.251. The van der Waals surface area contributed by atoms with Gasteiger partial charge in [0.2, 0.25) is 0 Å². The molecule has 0 aliphatic heterocycles. The fourth-order valence-electron chi connectivity index (χ4n) is 2.55. The van der Waals surface area contributed by atoms with Crippen molar-refractivity contribution in [2.75, 3.05) is 19.0 Å². The number of carbonyl (C=O) groups excluding carboxylic acids is 1. The number of urea groups is 1. The monoisotopic (exact) mass is 338 g/mol. The minimum Gasteiger partial charge on any atom is -0.497 e. The Labute approximate surface area is 146 Å². The van der Waals surface area contributed by atoms with Crippen molar-refractivity contribution in [3.63, 3.8) is 0 Å². The summed E-state index contributed by atoms with van der Waals surface area (Å²) in [6, 6.07) is 13.6. The maximum Gasteiger partial charge on any atom is 0.320 e. The van der Waals surface area contributed by atoms with Crippen LogP contribution in [0, 0.1) is 5.92 Å². The van der Waals surface area contributed by atoms with Gasteiger partial charge in [0, 0.05) is 11.9 Å². The summed E-state index contributed by atoms with van der Waals surface area (Å²) in [4.78, 5) is 11.9. The molecule has 6 heteroatoms. The molecule has 0 saturated carbocycles. The van der Waals surface area contributed by atoms with Crippen molar-refractivity contribution in [1.82, 2.24) is 15.5 Å². The van der Waals surface area contributed by atoms with Gasteiger partial charge in [-0.3, -0.25) is 10.4 Å². The van der Waals surface area contributed by atoms with Crippen molar-refractivity contribution >= 4 is 22.8 Å². The van der Waals surface area contributed by atoms with Crippen LogP contribution in [0.4, 0.5) is 10.6 Å². The van der Waals surface area contributed by atoms with Crippen LogP contribution in [0.5, 0.6) is 5.75 Å². The fraction of sp³-hybridized carbons (Fsp3) is 0.263. The van der Waals surface area contributed by atoms with Crippen LogP contribution in [0.3, 0.4) is 0 Å². The molecule has 1 heterocycles. The van der Waals surface area contributed by atoms with Crippen LogP contribution in [-0.2, 0) is 0 Å². The van der Waals surface area contributed by atoms with Crippen LogP contribution in [-0.4, -0.2) is 29.9 Å². The van der Waals surface area contributed by atoms with E-state index in [0.717, 1.165) is 27.8 Å². The van der Waals surface area contributed by atoms with Gasteiger partial charge < -0.3 is 10.1 Å². The number of fused-ring (bicyclic) bond motifs is 1. The minimum absolute atomic E-state index is 0.251. The molecule has 0 aliphatic carbocycles. The van der Waals surface area contributed by atoms with Crippen LogP contribution in [0.2, 0.25) is 0 Å². The van der Waals surface area contributed by atoms with Gasteiger partial charge in [-0.15, -0.1) is 0 Å². The molecule has 3 N–H and O–H groups in total. The van der Waals surface area contributed by atoms with E-state index < -0.39 is 0 Å². The number of ether oxygens (including phenoxy) is 1. The molecular formula is C19H22N4O2. The average molecular weight is 338 g/mol. The molecule has 0 unspecified atom stereocenters. The van der Waals surface area contributed by atoms with Crippen LogP contribution in [0.15, 0.2) is 42.5 Å². The van der Waals surface area contributed by atoms with Gasteiger partial charge in [-0.2, -0.15) is 5.10 Å². The fourth-order valence-corrected chi connectivity index (χ4v) is 2.55. The molecule has 1 aromatic heterocycles. The lowest BCUT2D eigenvalue weighted by Gasteiger charge is -2.08. The van der Waals surface area contributed by atoms with E-state index in [1.165, 1.54) is 0 Å². The van der Waals surface area contributed by atoms with Crippen LogP contribution >= 0.6 is 0 Å². The first kappa shape index (κ1) is 16.8. The highest BCUT2D eigenvalue weighted by Crippen LogP contribution is 2.28. The summed E-state index contributed by atoms with van der Waals surface area (Å²) < 4.78 is 5.28. The molecule has 2 amide bonds. The third-order valence-corrected chi connectivity index (χ3v) is 3.87. The Hall–Kier alpha value is -3.02. The number of methoxy groups -OCH3 is 1. The van der Waals surface area contributed by atoms with Crippen molar-refractivity contribution in [2.24, 2.45) is 5.92 Å². The number of benzene rings is 2. The number of rotatable bonds is 5. The molecule has 3 aromatic rings. The standard InChI is InChI=1S/C19H22N4O2/c1-12(2)11-20-19(24)21-18-16-8-7-14(10-17(16)22-23-18)13-5-4-6-15(9-13)25-3/h4-10,12H,11H2,1-3H3,(H3,20,21,22,23,24). The van der Waals surface area contributed by atoms with Crippen LogP contribution < -0.4 is 15.4 Å². The van der Waals surface area contributed by atoms with Crippen molar-refractivity contribution in [1.29, 1.82) is 0 Å². The molecule has 0 atom stereocenters. The third-order valence-electron chi connectivity index (χ3n) is 3.87. The predicted molar refractivity (Wildman–Crippen MR) is 99.9 cm³/mol. The van der Waals surface area contributed by atoms with Gasteiger partial charge in [0.15, 0.2) is 5.82 Å². The summed E-state index contributed by atoms with van der Waals surface area (Å²) in [6.07, 6.45) is 0. The Morgan fingerprint density at radius 3 is 2.76 bits per heavy atom. The van der Waals surface area contributed by atoms with Crippen molar-refractivity contribution < 1.29 is 9.53 Å². The van der Waals surface area contributed by atoms with E-state index in [0.29, 0.717) is 18.3 Å². The molecule has 0 spiro atoms. The maximum atomic E-state index is 11.9. The number of nitrogens with one attached hydrogen (secondary N) is 3. The molecule has 2 aromatic carbocycles. The molecule has 0 fully saturated rings. The summed E-state index contributed by atoms with van der Waals surface area (Å²) in [5.74, 6) is 1.73. The molecule has 130 valence electrons. The summed E-state index contributed by atoms with van der Waals surface area (Å²) in [5.41, 5.74) is 2.96. The number of anilines is 1. The summed E-state index contributed by atoms with van der Waals surface area (Å²) >= 11 is 0. The first-order valence-corrected chi connectivity index (χ1v) is 8.24. The highest BCUT2D eigenvalue weighted by molar-refractivity contribution is 6.00. The number of hydrogen-bond acceptors (Lipinski definition) is 3. The second kappa shape index (κ2) is 7.25. The molecule has 0 saturated heterocycles. The number of aromatic nitrogens is 2. The highest BCUT2D eigenvalue weighted by Gasteiger charge is 2.10. The quantitative estimate of drug-likeness (QED) is 0.657. The van der Waals surface area contributed by atoms with E-state index in [-0.39, 0.29) is 6.03 Å². The van der Waals surface area contributed by atoms with Gasteiger partial charge in [-0.1, -0.05) is 32.0 Å². The predicted octanol–water partition coefficient (Wildman–Crippen LogP) is 4.02. The van der Waals surface area contributed by atoms with Crippen molar-refractivity contribution in [3.05, 3.63) is 42.5 Å². The maximum absolute atomic E-state index is 11.9. The van der Waals surface area contributed by atoms with Crippen molar-refractivity contribution in [2.45, 2.75) is 13.8 Å². The second-order valence-electron chi connectivity index (χ2n) is 6.29. The van der Waals surface area contributed by atoms with Crippen LogP contribution in [0.25, 0.3) is 22.0 Å². The van der Waals surface area contributed by atoms with E-state index in [9.17, 15) is 4.79 Å². The van der Waals surface area contributed by atoms with E-state index in [1.54, 1.807) is 7.11 Å². The van der Waals surface area contributed by atoms with Gasteiger partial charge >= 0.3 is 6.03 Å². The topological polar surface area (TPSA) is 79.0 Å². The molecule has 3 rings (SSSR count). The lowest BCUT2D eigenvalue weighted by molar-refractivity contribution is 0.251. The Morgan fingerprint density at radius 1 is 1.20 bits per heavy atom. The number of nitrogens with zero attached hydrogens (tertiary/aromatic N) is 1. The van der Waals surface area contributed by atoms with E-state index >= 15 is 0 Å². The lowest BCUT2D eigenvalue weighted by atomic mass is 10.0. The number of aromatic amines is 1. The number of carbonyl (C=O) groups is 1. The van der Waals surface area contributed by atoms with Gasteiger partial charge in [0.25, 0.3) is 0 Å². The summed E-state index contributed by atoms with van der Waals surface area (Å²) in [7, 11) is 1.65. The van der Waals surface area contributed by atoms with Crippen molar-refractivity contribution in [3.8, 4) is 16.9 Å². The molecule has 6 nitrogen and oxygen atoms in total. The summed E-state index contributed by atoms with van der Waals surface area (Å²) in [5, 5.41) is 13.7. The number of hydrogen-bond donors (Lipinski definition) is 3. The Kier molecular flexibility index (Phi) is 4.88. The Morgan fingerprint density at radius 2 is 2.00 bits per heavy atom. The third kappa shape index (κ3) is 3.91. The Balaban J connectivity index is 1.82. The largest absolute Gasteiger partial charge is 0.497 e. The lowest BCUT2D eigenvalue weighted by Crippen LogP contribution is -2.31.